The van der Waals surface area contributed by atoms with E-state index >= 15 is 0 Å². The van der Waals surface area contributed by atoms with Gasteiger partial charge in [-0.25, -0.2) is 0 Å². The number of halogens is 2. The van der Waals surface area contributed by atoms with Crippen LogP contribution in [0.1, 0.15) is 43.7 Å². The van der Waals surface area contributed by atoms with E-state index in [0.29, 0.717) is 34.4 Å². The average molecular weight is 477 g/mol. The number of likely N-dealkylation sites (tertiary alicyclic amines) is 1. The van der Waals surface area contributed by atoms with E-state index in [1.54, 1.807) is 18.2 Å². The minimum Gasteiger partial charge on any atom is -0.454 e. The minimum absolute atomic E-state index is 0.0530. The minimum atomic E-state index is -0.703. The van der Waals surface area contributed by atoms with Crippen LogP contribution in [0.2, 0.25) is 10.0 Å². The molecule has 5 rings (SSSR count). The molecule has 0 spiro atoms. The van der Waals surface area contributed by atoms with Gasteiger partial charge in [0, 0.05) is 23.5 Å². The van der Waals surface area contributed by atoms with Crippen LogP contribution < -0.4 is 14.8 Å². The molecule has 32 heavy (non-hydrogen) atoms. The molecule has 1 amide bonds. The van der Waals surface area contributed by atoms with Crippen molar-refractivity contribution in [2.45, 2.75) is 43.7 Å². The number of carbonyl (C=O) groups is 1. The lowest BCUT2D eigenvalue weighted by Gasteiger charge is -2.52. The number of ether oxygens (including phenoxy) is 2. The summed E-state index contributed by atoms with van der Waals surface area (Å²) in [5, 5.41) is 15.3. The molecule has 3 atom stereocenters. The molecule has 1 saturated carbocycles. The molecular formula is C24H26Cl2N2O4. The first kappa shape index (κ1) is 21.8. The topological polar surface area (TPSA) is 71.0 Å². The predicted octanol–water partition coefficient (Wildman–Crippen LogP) is 5.03. The lowest BCUT2D eigenvalue weighted by Crippen LogP contribution is -2.56. The van der Waals surface area contributed by atoms with E-state index in [9.17, 15) is 9.90 Å². The molecule has 170 valence electrons. The monoisotopic (exact) mass is 476 g/mol. The number of carbonyl (C=O) groups excluding carboxylic acids is 1. The Morgan fingerprint density at radius 1 is 1.12 bits per heavy atom. The van der Waals surface area contributed by atoms with E-state index in [2.05, 4.69) is 10.2 Å². The number of benzene rings is 2. The van der Waals surface area contributed by atoms with Crippen molar-refractivity contribution in [3.8, 4) is 11.5 Å². The Hall–Kier alpha value is -1.99. The maximum Gasteiger partial charge on any atom is 0.238 e. The highest BCUT2D eigenvalue weighted by Gasteiger charge is 2.49. The van der Waals surface area contributed by atoms with Crippen LogP contribution in [0, 0.1) is 5.92 Å². The molecule has 8 heteroatoms. The van der Waals surface area contributed by atoms with Crippen molar-refractivity contribution < 1.29 is 19.4 Å². The predicted molar refractivity (Wildman–Crippen MR) is 123 cm³/mol. The largest absolute Gasteiger partial charge is 0.454 e. The summed E-state index contributed by atoms with van der Waals surface area (Å²) in [7, 11) is 0. The fourth-order valence-corrected chi connectivity index (χ4v) is 5.88. The molecular weight excluding hydrogens is 451 g/mol. The van der Waals surface area contributed by atoms with Gasteiger partial charge in [-0.1, -0.05) is 42.1 Å². The number of fused-ring (bicyclic) bond motifs is 2. The Balaban J connectivity index is 1.41. The lowest BCUT2D eigenvalue weighted by atomic mass is 9.66. The first-order valence-corrected chi connectivity index (χ1v) is 11.8. The van der Waals surface area contributed by atoms with Gasteiger partial charge in [0.05, 0.1) is 22.9 Å². The number of rotatable bonds is 4. The maximum absolute atomic E-state index is 13.0. The van der Waals surface area contributed by atoms with Crippen molar-refractivity contribution in [2.24, 2.45) is 5.92 Å². The van der Waals surface area contributed by atoms with Gasteiger partial charge in [0.25, 0.3) is 0 Å². The Morgan fingerprint density at radius 2 is 1.97 bits per heavy atom. The number of amides is 1. The summed E-state index contributed by atoms with van der Waals surface area (Å²) in [6.07, 6.45) is 4.51. The van der Waals surface area contributed by atoms with Crippen LogP contribution >= 0.6 is 23.2 Å². The summed E-state index contributed by atoms with van der Waals surface area (Å²) in [5.74, 6) is 1.34. The van der Waals surface area contributed by atoms with E-state index < -0.39 is 5.60 Å². The summed E-state index contributed by atoms with van der Waals surface area (Å²) in [6.45, 7) is 1.04. The smallest absolute Gasteiger partial charge is 0.238 e. The van der Waals surface area contributed by atoms with Gasteiger partial charge < -0.3 is 19.9 Å². The van der Waals surface area contributed by atoms with Crippen LogP contribution in [0.3, 0.4) is 0 Å². The van der Waals surface area contributed by atoms with Crippen LogP contribution in [-0.2, 0) is 4.79 Å². The van der Waals surface area contributed by atoms with Gasteiger partial charge in [0.15, 0.2) is 11.5 Å². The summed E-state index contributed by atoms with van der Waals surface area (Å²) in [5.41, 5.74) is 0.870. The summed E-state index contributed by atoms with van der Waals surface area (Å²) >= 11 is 12.2. The zero-order chi connectivity index (χ0) is 22.3. The van der Waals surface area contributed by atoms with Gasteiger partial charge >= 0.3 is 0 Å². The zero-order valence-corrected chi connectivity index (χ0v) is 19.2. The van der Waals surface area contributed by atoms with E-state index in [4.69, 9.17) is 32.7 Å². The summed E-state index contributed by atoms with van der Waals surface area (Å²) in [4.78, 5) is 15.1. The van der Waals surface area contributed by atoms with Crippen molar-refractivity contribution in [1.82, 2.24) is 4.90 Å². The van der Waals surface area contributed by atoms with E-state index in [1.165, 1.54) is 0 Å². The molecule has 2 aliphatic heterocycles. The number of hydrogen-bond donors (Lipinski definition) is 2. The third-order valence-corrected chi connectivity index (χ3v) is 7.51. The molecule has 2 aromatic rings. The number of nitrogens with one attached hydrogen (secondary N) is 1. The number of anilines is 1. The average Bonchev–Trinajstić information content (AvgIpc) is 3.23. The van der Waals surface area contributed by atoms with Gasteiger partial charge in [-0.3, -0.25) is 9.69 Å². The van der Waals surface area contributed by atoms with Gasteiger partial charge in [-0.2, -0.15) is 0 Å². The molecule has 0 bridgehead atoms. The molecule has 0 radical (unpaired) electrons. The summed E-state index contributed by atoms with van der Waals surface area (Å²) in [6, 6.07) is 10.9. The quantitative estimate of drug-likeness (QED) is 0.647. The Morgan fingerprint density at radius 3 is 2.81 bits per heavy atom. The van der Waals surface area contributed by atoms with Gasteiger partial charge in [-0.15, -0.1) is 0 Å². The molecule has 2 N–H and O–H groups in total. The molecule has 2 heterocycles. The van der Waals surface area contributed by atoms with Crippen molar-refractivity contribution in [3.63, 3.8) is 0 Å². The Kier molecular flexibility index (Phi) is 5.97. The second kappa shape index (κ2) is 8.75. The number of nitrogens with zero attached hydrogens (tertiary/aromatic N) is 1. The maximum atomic E-state index is 13.0. The third kappa shape index (κ3) is 4.17. The molecule has 2 fully saturated rings. The van der Waals surface area contributed by atoms with E-state index in [-0.39, 0.29) is 31.2 Å². The highest BCUT2D eigenvalue weighted by molar-refractivity contribution is 6.36. The van der Waals surface area contributed by atoms with Crippen molar-refractivity contribution >= 4 is 34.8 Å². The van der Waals surface area contributed by atoms with Crippen LogP contribution in [0.4, 0.5) is 5.69 Å². The first-order chi connectivity index (χ1) is 15.4. The molecule has 0 unspecified atom stereocenters. The second-order valence-electron chi connectivity index (χ2n) is 8.91. The Labute approximate surface area is 197 Å². The standard InChI is InChI=1S/C24H26Cl2N2O4/c25-16-5-6-19(18(26)12-16)27-22(29)13-28-10-9-24(30)8-2-1-3-17(24)23(28)15-4-7-20-21(11-15)32-14-31-20/h4-7,11-12,17,23,30H,1-3,8-10,13-14H2,(H,27,29)/t17-,23-,24+/m0/s1. The molecule has 3 aliphatic rings. The van der Waals surface area contributed by atoms with Gasteiger partial charge in [0.1, 0.15) is 0 Å². The van der Waals surface area contributed by atoms with Crippen LogP contribution in [-0.4, -0.2) is 41.4 Å². The molecule has 0 aromatic heterocycles. The molecule has 6 nitrogen and oxygen atoms in total. The van der Waals surface area contributed by atoms with E-state index in [1.807, 2.05) is 18.2 Å². The number of hydrogen-bond acceptors (Lipinski definition) is 5. The van der Waals surface area contributed by atoms with Crippen LogP contribution in [0.15, 0.2) is 36.4 Å². The van der Waals surface area contributed by atoms with Gasteiger partial charge in [0.2, 0.25) is 12.7 Å². The van der Waals surface area contributed by atoms with Gasteiger partial charge in [-0.05, 0) is 55.2 Å². The van der Waals surface area contributed by atoms with Crippen LogP contribution in [0.5, 0.6) is 11.5 Å². The molecule has 1 aliphatic carbocycles. The van der Waals surface area contributed by atoms with Crippen LogP contribution in [0.25, 0.3) is 0 Å². The highest BCUT2D eigenvalue weighted by Crippen LogP contribution is 2.50. The normalized spacial score (nSPS) is 27.1. The third-order valence-electron chi connectivity index (χ3n) is 6.96. The SMILES string of the molecule is O=C(CN1CC[C@]2(O)CCCC[C@H]2[C@@H]1c1ccc2c(c1)OCO2)Nc1ccc(Cl)cc1Cl. The first-order valence-electron chi connectivity index (χ1n) is 11.0. The molecule has 1 saturated heterocycles. The molecule has 2 aromatic carbocycles. The van der Waals surface area contributed by atoms with Crippen molar-refractivity contribution in [3.05, 3.63) is 52.0 Å². The second-order valence-corrected chi connectivity index (χ2v) is 9.75. The number of aliphatic hydroxyl groups is 1. The van der Waals surface area contributed by atoms with Crippen molar-refractivity contribution in [2.75, 3.05) is 25.2 Å². The lowest BCUT2D eigenvalue weighted by molar-refractivity contribution is -0.135. The zero-order valence-electron chi connectivity index (χ0n) is 17.7. The van der Waals surface area contributed by atoms with E-state index in [0.717, 1.165) is 37.0 Å². The Bertz CT molecular complexity index is 1030. The fraction of sp³-hybridized carbons (Fsp3) is 0.458. The summed E-state index contributed by atoms with van der Waals surface area (Å²) < 4.78 is 11.1. The van der Waals surface area contributed by atoms with Crippen molar-refractivity contribution in [1.29, 1.82) is 0 Å². The fourth-order valence-electron chi connectivity index (χ4n) is 5.43. The number of piperidine rings is 1. The highest BCUT2D eigenvalue weighted by atomic mass is 35.5.